The first-order valence-corrected chi connectivity index (χ1v) is 14.3. The molecule has 8 heteroatoms. The number of aromatic nitrogens is 3. The van der Waals surface area contributed by atoms with Crippen LogP contribution >= 0.6 is 0 Å². The third-order valence-electron chi connectivity index (χ3n) is 7.53. The smallest absolute Gasteiger partial charge is 0.255 e. The number of carbonyl (C=O) groups is 1. The molecule has 3 heterocycles. The fraction of sp³-hybridized carbons (Fsp3) is 0.265. The topological polar surface area (TPSA) is 83.8 Å². The van der Waals surface area contributed by atoms with Crippen LogP contribution in [0.4, 0.5) is 17.2 Å². The zero-order chi connectivity index (χ0) is 29.1. The number of rotatable bonds is 7. The Morgan fingerprint density at radius 1 is 0.952 bits per heavy atom. The number of nitrogens with one attached hydrogen (secondary N) is 2. The quantitative estimate of drug-likeness (QED) is 0.236. The first-order valence-electron chi connectivity index (χ1n) is 14.3. The monoisotopic (exact) mass is 560 g/mol. The molecular weight excluding hydrogens is 524 g/mol. The van der Waals surface area contributed by atoms with Crippen molar-refractivity contribution in [3.8, 4) is 11.3 Å². The fourth-order valence-corrected chi connectivity index (χ4v) is 5.08. The van der Waals surface area contributed by atoms with Crippen LogP contribution < -0.4 is 10.6 Å². The third-order valence-corrected chi connectivity index (χ3v) is 7.53. The van der Waals surface area contributed by atoms with Gasteiger partial charge in [0.2, 0.25) is 0 Å². The summed E-state index contributed by atoms with van der Waals surface area (Å²) in [5, 5.41) is 6.50. The van der Waals surface area contributed by atoms with Crippen molar-refractivity contribution < 1.29 is 9.53 Å². The normalized spacial score (nSPS) is 14.2. The second-order valence-electron chi connectivity index (χ2n) is 11.7. The van der Waals surface area contributed by atoms with E-state index in [1.807, 2.05) is 65.3 Å². The van der Waals surface area contributed by atoms with Crippen molar-refractivity contribution in [1.29, 1.82) is 0 Å². The maximum absolute atomic E-state index is 13.0. The van der Waals surface area contributed by atoms with Gasteiger partial charge in [-0.3, -0.25) is 9.69 Å². The second-order valence-corrected chi connectivity index (χ2v) is 11.7. The fourth-order valence-electron chi connectivity index (χ4n) is 5.08. The van der Waals surface area contributed by atoms with Gasteiger partial charge in [0.05, 0.1) is 18.9 Å². The van der Waals surface area contributed by atoms with Crippen molar-refractivity contribution in [3.05, 3.63) is 108 Å². The van der Waals surface area contributed by atoms with Gasteiger partial charge in [0.15, 0.2) is 11.5 Å². The zero-order valence-electron chi connectivity index (χ0n) is 24.3. The first-order chi connectivity index (χ1) is 20.3. The van der Waals surface area contributed by atoms with E-state index < -0.39 is 0 Å². The number of anilines is 3. The van der Waals surface area contributed by atoms with Gasteiger partial charge in [0.25, 0.3) is 5.91 Å². The van der Waals surface area contributed by atoms with Crippen LogP contribution in [0.1, 0.15) is 42.3 Å². The van der Waals surface area contributed by atoms with Gasteiger partial charge in [-0.25, -0.2) is 9.97 Å². The van der Waals surface area contributed by atoms with Crippen molar-refractivity contribution >= 4 is 28.7 Å². The van der Waals surface area contributed by atoms with Crippen LogP contribution in [0.3, 0.4) is 0 Å². The lowest BCUT2D eigenvalue weighted by molar-refractivity contribution is 0.0342. The minimum atomic E-state index is -0.148. The Labute approximate surface area is 246 Å². The molecule has 0 atom stereocenters. The van der Waals surface area contributed by atoms with E-state index in [2.05, 4.69) is 65.6 Å². The number of ether oxygens (including phenoxy) is 1. The van der Waals surface area contributed by atoms with E-state index in [0.29, 0.717) is 17.1 Å². The van der Waals surface area contributed by atoms with E-state index in [1.165, 1.54) is 11.1 Å². The molecular formula is C34H36N6O2. The minimum absolute atomic E-state index is 0.0346. The standard InChI is InChI=1S/C34H36N6O2/c1-34(2,3)27-11-9-25(10-12-27)33(41)37-29-6-4-5-26(21-29)30-23-40-16-15-35-32(40)31(38-30)36-28-13-7-24(8-14-28)22-39-17-19-42-20-18-39/h4-16,21,23H,17-20,22H2,1-3H3,(H,36,38)(H,37,41). The van der Waals surface area contributed by atoms with Crippen molar-refractivity contribution in [1.82, 2.24) is 19.3 Å². The van der Waals surface area contributed by atoms with E-state index in [9.17, 15) is 4.79 Å². The summed E-state index contributed by atoms with van der Waals surface area (Å²) in [6, 6.07) is 24.0. The molecule has 8 nitrogen and oxygen atoms in total. The van der Waals surface area contributed by atoms with Crippen LogP contribution in [0.15, 0.2) is 91.4 Å². The van der Waals surface area contributed by atoms with E-state index >= 15 is 0 Å². The molecule has 1 amide bonds. The lowest BCUT2D eigenvalue weighted by atomic mass is 9.87. The molecule has 0 aliphatic carbocycles. The Morgan fingerprint density at radius 3 is 2.45 bits per heavy atom. The van der Waals surface area contributed by atoms with Crippen LogP contribution in [0, 0.1) is 0 Å². The minimum Gasteiger partial charge on any atom is -0.379 e. The highest BCUT2D eigenvalue weighted by Crippen LogP contribution is 2.27. The van der Waals surface area contributed by atoms with Crippen LogP contribution in [-0.2, 0) is 16.7 Å². The first kappa shape index (κ1) is 27.6. The average molecular weight is 561 g/mol. The van der Waals surface area contributed by atoms with Gasteiger partial charge in [-0.05, 0) is 52.9 Å². The summed E-state index contributed by atoms with van der Waals surface area (Å²) in [6.45, 7) is 10.9. The van der Waals surface area contributed by atoms with Gasteiger partial charge in [0.1, 0.15) is 0 Å². The molecule has 3 aromatic carbocycles. The molecule has 1 saturated heterocycles. The van der Waals surface area contributed by atoms with Crippen LogP contribution in [0.25, 0.3) is 16.9 Å². The van der Waals surface area contributed by atoms with Gasteiger partial charge >= 0.3 is 0 Å². The Kier molecular flexibility index (Phi) is 7.73. The molecule has 0 saturated carbocycles. The molecule has 6 rings (SSSR count). The number of amides is 1. The summed E-state index contributed by atoms with van der Waals surface area (Å²) in [6.07, 6.45) is 5.62. The molecule has 0 bridgehead atoms. The van der Waals surface area contributed by atoms with Gasteiger partial charge in [-0.1, -0.05) is 57.2 Å². The van der Waals surface area contributed by atoms with E-state index in [0.717, 1.165) is 55.4 Å². The molecule has 1 aliphatic heterocycles. The predicted molar refractivity (Wildman–Crippen MR) is 167 cm³/mol. The van der Waals surface area contributed by atoms with Crippen molar-refractivity contribution in [2.45, 2.75) is 32.7 Å². The number of carbonyl (C=O) groups excluding carboxylic acids is 1. The number of morpholine rings is 1. The SMILES string of the molecule is CC(C)(C)c1ccc(C(=O)Nc2cccc(-c3cn4ccnc4c(Nc4ccc(CN5CCOCC5)cc4)n3)c2)cc1. The van der Waals surface area contributed by atoms with Crippen LogP contribution in [-0.4, -0.2) is 51.5 Å². The van der Waals surface area contributed by atoms with Crippen molar-refractivity contribution in [3.63, 3.8) is 0 Å². The summed E-state index contributed by atoms with van der Waals surface area (Å²) in [4.78, 5) is 24.9. The Morgan fingerprint density at radius 2 is 1.71 bits per heavy atom. The van der Waals surface area contributed by atoms with Crippen LogP contribution in [0.2, 0.25) is 0 Å². The number of fused-ring (bicyclic) bond motifs is 1. The summed E-state index contributed by atoms with van der Waals surface area (Å²) in [5.41, 5.74) is 7.13. The number of nitrogens with zero attached hydrogens (tertiary/aromatic N) is 4. The Balaban J connectivity index is 1.20. The molecule has 0 radical (unpaired) electrons. The van der Waals surface area contributed by atoms with E-state index in [-0.39, 0.29) is 11.3 Å². The van der Waals surface area contributed by atoms with Crippen molar-refractivity contribution in [2.75, 3.05) is 36.9 Å². The molecule has 214 valence electrons. The molecule has 1 aliphatic rings. The molecule has 42 heavy (non-hydrogen) atoms. The predicted octanol–water partition coefficient (Wildman–Crippen LogP) is 6.52. The molecule has 2 N–H and O–H groups in total. The van der Waals surface area contributed by atoms with Crippen LogP contribution in [0.5, 0.6) is 0 Å². The molecule has 0 unspecified atom stereocenters. The number of benzene rings is 3. The average Bonchev–Trinajstić information content (AvgIpc) is 3.48. The lowest BCUT2D eigenvalue weighted by Gasteiger charge is -2.26. The number of imidazole rings is 1. The molecule has 1 fully saturated rings. The maximum Gasteiger partial charge on any atom is 0.255 e. The Hall–Kier alpha value is -4.53. The summed E-state index contributed by atoms with van der Waals surface area (Å²) < 4.78 is 7.42. The van der Waals surface area contributed by atoms with Gasteiger partial charge in [0, 0.05) is 60.7 Å². The van der Waals surface area contributed by atoms with E-state index in [4.69, 9.17) is 9.72 Å². The summed E-state index contributed by atoms with van der Waals surface area (Å²) >= 11 is 0. The van der Waals surface area contributed by atoms with Gasteiger partial charge in [-0.15, -0.1) is 0 Å². The second kappa shape index (κ2) is 11.8. The van der Waals surface area contributed by atoms with Gasteiger partial charge in [-0.2, -0.15) is 0 Å². The third kappa shape index (κ3) is 6.35. The molecule has 2 aromatic heterocycles. The zero-order valence-corrected chi connectivity index (χ0v) is 24.3. The number of hydrogen-bond acceptors (Lipinski definition) is 6. The highest BCUT2D eigenvalue weighted by atomic mass is 16.5. The lowest BCUT2D eigenvalue weighted by Crippen LogP contribution is -2.35. The maximum atomic E-state index is 13.0. The number of hydrogen-bond donors (Lipinski definition) is 2. The summed E-state index contributed by atoms with van der Waals surface area (Å²) in [5.74, 6) is 0.511. The Bertz CT molecular complexity index is 1680. The molecule has 5 aromatic rings. The van der Waals surface area contributed by atoms with Gasteiger partial charge < -0.3 is 19.8 Å². The van der Waals surface area contributed by atoms with E-state index in [1.54, 1.807) is 6.20 Å². The molecule has 0 spiro atoms. The highest BCUT2D eigenvalue weighted by Gasteiger charge is 2.16. The summed E-state index contributed by atoms with van der Waals surface area (Å²) in [7, 11) is 0. The van der Waals surface area contributed by atoms with Crippen molar-refractivity contribution in [2.24, 2.45) is 0 Å². The highest BCUT2D eigenvalue weighted by molar-refractivity contribution is 6.04. The largest absolute Gasteiger partial charge is 0.379 e.